The lowest BCUT2D eigenvalue weighted by molar-refractivity contribution is 0.104. The Labute approximate surface area is 129 Å². The van der Waals surface area contributed by atoms with Crippen molar-refractivity contribution in [2.45, 2.75) is 12.8 Å². The molecule has 0 aliphatic rings. The lowest BCUT2D eigenvalue weighted by atomic mass is 10.1. The second kappa shape index (κ2) is 8.38. The van der Waals surface area contributed by atoms with Gasteiger partial charge < -0.3 is 4.74 Å². The molecule has 0 bridgehead atoms. The Morgan fingerprint density at radius 3 is 3.00 bits per heavy atom. The summed E-state index contributed by atoms with van der Waals surface area (Å²) in [6.45, 7) is 0.509. The zero-order valence-corrected chi connectivity index (χ0v) is 12.1. The molecule has 0 saturated heterocycles. The minimum Gasteiger partial charge on any atom is -0.494 e. The number of ether oxygens (including phenoxy) is 1. The molecule has 0 aliphatic heterocycles. The first-order chi connectivity index (χ1) is 10.8. The van der Waals surface area contributed by atoms with Gasteiger partial charge in [-0.15, -0.1) is 0 Å². The highest BCUT2D eigenvalue weighted by Crippen LogP contribution is 2.15. The standard InChI is InChI=1S/C18H16N2O2/c19-10-1-2-12-22-17-7-3-5-15(13-17)8-9-18(21)16-6-4-11-20-14-16/h3-9,11,13-14H,1-2,12H2. The number of pyridine rings is 1. The van der Waals surface area contributed by atoms with Crippen LogP contribution in [0.15, 0.2) is 54.9 Å². The van der Waals surface area contributed by atoms with Crippen molar-refractivity contribution in [3.63, 3.8) is 0 Å². The Balaban J connectivity index is 1.96. The van der Waals surface area contributed by atoms with Gasteiger partial charge in [-0.2, -0.15) is 5.26 Å². The smallest absolute Gasteiger partial charge is 0.187 e. The summed E-state index contributed by atoms with van der Waals surface area (Å²) in [6.07, 6.45) is 7.63. The van der Waals surface area contributed by atoms with Crippen molar-refractivity contribution >= 4 is 11.9 Å². The molecule has 1 aromatic carbocycles. The second-order valence-electron chi connectivity index (χ2n) is 4.62. The van der Waals surface area contributed by atoms with Crippen LogP contribution in [0.1, 0.15) is 28.8 Å². The van der Waals surface area contributed by atoms with Crippen LogP contribution in [0.25, 0.3) is 6.08 Å². The molecule has 0 aliphatic carbocycles. The molecule has 1 aromatic heterocycles. The maximum atomic E-state index is 12.0. The molecule has 0 fully saturated rings. The average molecular weight is 292 g/mol. The Kier molecular flexibility index (Phi) is 5.89. The molecule has 0 amide bonds. The number of aromatic nitrogens is 1. The summed E-state index contributed by atoms with van der Waals surface area (Å²) in [4.78, 5) is 15.9. The molecule has 2 aromatic rings. The third kappa shape index (κ3) is 4.88. The highest BCUT2D eigenvalue weighted by atomic mass is 16.5. The molecule has 22 heavy (non-hydrogen) atoms. The number of nitrogens with zero attached hydrogens (tertiary/aromatic N) is 2. The van der Waals surface area contributed by atoms with Gasteiger partial charge in [-0.25, -0.2) is 0 Å². The van der Waals surface area contributed by atoms with Crippen LogP contribution >= 0.6 is 0 Å². The molecule has 110 valence electrons. The van der Waals surface area contributed by atoms with E-state index in [1.165, 1.54) is 6.08 Å². The van der Waals surface area contributed by atoms with Gasteiger partial charge in [-0.05, 0) is 42.3 Å². The summed E-state index contributed by atoms with van der Waals surface area (Å²) in [6, 6.07) is 13.0. The van der Waals surface area contributed by atoms with Crippen LogP contribution in [0.4, 0.5) is 0 Å². The van der Waals surface area contributed by atoms with Crippen LogP contribution in [-0.4, -0.2) is 17.4 Å². The minimum absolute atomic E-state index is 0.0894. The van der Waals surface area contributed by atoms with Gasteiger partial charge in [0.1, 0.15) is 5.75 Å². The summed E-state index contributed by atoms with van der Waals surface area (Å²) in [5.74, 6) is 0.641. The third-order valence-corrected chi connectivity index (χ3v) is 2.93. The zero-order valence-electron chi connectivity index (χ0n) is 12.1. The second-order valence-corrected chi connectivity index (χ2v) is 4.62. The highest BCUT2D eigenvalue weighted by molar-refractivity contribution is 6.06. The van der Waals surface area contributed by atoms with Gasteiger partial charge in [0.25, 0.3) is 0 Å². The van der Waals surface area contributed by atoms with Gasteiger partial charge in [0.2, 0.25) is 0 Å². The lowest BCUT2D eigenvalue weighted by Gasteiger charge is -2.05. The van der Waals surface area contributed by atoms with Crippen LogP contribution in [0, 0.1) is 11.3 Å². The first-order valence-electron chi connectivity index (χ1n) is 7.02. The number of allylic oxidation sites excluding steroid dienone is 1. The number of rotatable bonds is 7. The van der Waals surface area contributed by atoms with Crippen molar-refractivity contribution in [2.75, 3.05) is 6.61 Å². The molecular formula is C18H16N2O2. The van der Waals surface area contributed by atoms with Crippen LogP contribution in [-0.2, 0) is 0 Å². The molecule has 2 rings (SSSR count). The Bertz CT molecular complexity index is 688. The fraction of sp³-hybridized carbons (Fsp3) is 0.167. The van der Waals surface area contributed by atoms with Crippen molar-refractivity contribution in [1.82, 2.24) is 4.98 Å². The number of unbranched alkanes of at least 4 members (excludes halogenated alkanes) is 1. The monoisotopic (exact) mass is 292 g/mol. The predicted molar refractivity (Wildman–Crippen MR) is 84.4 cm³/mol. The fourth-order valence-electron chi connectivity index (χ4n) is 1.83. The van der Waals surface area contributed by atoms with E-state index in [1.807, 2.05) is 24.3 Å². The largest absolute Gasteiger partial charge is 0.494 e. The van der Waals surface area contributed by atoms with Gasteiger partial charge >= 0.3 is 0 Å². The van der Waals surface area contributed by atoms with E-state index in [9.17, 15) is 4.79 Å². The molecule has 4 heteroatoms. The van der Waals surface area contributed by atoms with Crippen LogP contribution in [0.2, 0.25) is 0 Å². The van der Waals surface area contributed by atoms with Crippen LogP contribution in [0.5, 0.6) is 5.75 Å². The van der Waals surface area contributed by atoms with Crippen molar-refractivity contribution in [3.05, 3.63) is 66.0 Å². The van der Waals surface area contributed by atoms with E-state index in [0.29, 0.717) is 25.0 Å². The van der Waals surface area contributed by atoms with Crippen molar-refractivity contribution in [2.24, 2.45) is 0 Å². The number of nitriles is 1. The molecule has 0 saturated carbocycles. The molecule has 0 spiro atoms. The summed E-state index contributed by atoms with van der Waals surface area (Å²) in [5, 5.41) is 8.47. The van der Waals surface area contributed by atoms with E-state index >= 15 is 0 Å². The summed E-state index contributed by atoms with van der Waals surface area (Å²) >= 11 is 0. The maximum absolute atomic E-state index is 12.0. The number of hydrogen-bond acceptors (Lipinski definition) is 4. The van der Waals surface area contributed by atoms with E-state index in [0.717, 1.165) is 11.3 Å². The van der Waals surface area contributed by atoms with Crippen LogP contribution in [0.3, 0.4) is 0 Å². The van der Waals surface area contributed by atoms with E-state index < -0.39 is 0 Å². The van der Waals surface area contributed by atoms with Crippen molar-refractivity contribution < 1.29 is 9.53 Å². The summed E-state index contributed by atoms with van der Waals surface area (Å²) < 4.78 is 5.56. The van der Waals surface area contributed by atoms with E-state index in [2.05, 4.69) is 11.1 Å². The van der Waals surface area contributed by atoms with E-state index in [1.54, 1.807) is 30.6 Å². The van der Waals surface area contributed by atoms with Crippen molar-refractivity contribution in [3.8, 4) is 11.8 Å². The average Bonchev–Trinajstić information content (AvgIpc) is 2.58. The van der Waals surface area contributed by atoms with Crippen LogP contribution < -0.4 is 4.74 Å². The topological polar surface area (TPSA) is 63.0 Å². The molecule has 0 N–H and O–H groups in total. The molecule has 0 radical (unpaired) electrons. The Hall–Kier alpha value is -2.93. The zero-order chi connectivity index (χ0) is 15.6. The summed E-state index contributed by atoms with van der Waals surface area (Å²) in [7, 11) is 0. The first-order valence-corrected chi connectivity index (χ1v) is 7.02. The number of carbonyl (C=O) groups excluding carboxylic acids is 1. The summed E-state index contributed by atoms with van der Waals surface area (Å²) in [5.41, 5.74) is 1.44. The molecule has 0 unspecified atom stereocenters. The van der Waals surface area contributed by atoms with Gasteiger partial charge in [-0.1, -0.05) is 18.2 Å². The quantitative estimate of drug-likeness (QED) is 0.444. The number of benzene rings is 1. The number of carbonyl (C=O) groups is 1. The third-order valence-electron chi connectivity index (χ3n) is 2.93. The SMILES string of the molecule is N#CCCCOc1cccc(C=CC(=O)c2cccnc2)c1. The molecule has 0 atom stereocenters. The number of ketones is 1. The lowest BCUT2D eigenvalue weighted by Crippen LogP contribution is -1.97. The first kappa shape index (κ1) is 15.5. The fourth-order valence-corrected chi connectivity index (χ4v) is 1.83. The van der Waals surface area contributed by atoms with E-state index in [4.69, 9.17) is 10.00 Å². The minimum atomic E-state index is -0.0894. The molecule has 4 nitrogen and oxygen atoms in total. The highest BCUT2D eigenvalue weighted by Gasteiger charge is 2.01. The van der Waals surface area contributed by atoms with Gasteiger partial charge in [0.05, 0.1) is 12.7 Å². The Morgan fingerprint density at radius 2 is 2.23 bits per heavy atom. The Morgan fingerprint density at radius 1 is 1.32 bits per heavy atom. The number of hydrogen-bond donors (Lipinski definition) is 0. The van der Waals surface area contributed by atoms with Gasteiger partial charge in [0, 0.05) is 24.4 Å². The normalized spacial score (nSPS) is 10.3. The van der Waals surface area contributed by atoms with E-state index in [-0.39, 0.29) is 5.78 Å². The predicted octanol–water partition coefficient (Wildman–Crippen LogP) is 3.66. The van der Waals surface area contributed by atoms with Crippen molar-refractivity contribution in [1.29, 1.82) is 5.26 Å². The molecular weight excluding hydrogens is 276 g/mol. The molecule has 1 heterocycles. The van der Waals surface area contributed by atoms with Gasteiger partial charge in [0.15, 0.2) is 5.78 Å². The van der Waals surface area contributed by atoms with Gasteiger partial charge in [-0.3, -0.25) is 9.78 Å². The maximum Gasteiger partial charge on any atom is 0.187 e.